The highest BCUT2D eigenvalue weighted by molar-refractivity contribution is 5.43. The van der Waals surface area contributed by atoms with E-state index in [1.54, 1.807) is 11.8 Å². The molecule has 2 atom stereocenters. The van der Waals surface area contributed by atoms with Crippen molar-refractivity contribution in [1.82, 2.24) is 9.78 Å². The van der Waals surface area contributed by atoms with E-state index in [0.717, 1.165) is 22.6 Å². The van der Waals surface area contributed by atoms with Gasteiger partial charge in [-0.15, -0.1) is 0 Å². The van der Waals surface area contributed by atoms with Crippen LogP contribution in [0.3, 0.4) is 0 Å². The number of ether oxygens (including phenoxy) is 2. The molecule has 0 fully saturated rings. The van der Waals surface area contributed by atoms with Crippen molar-refractivity contribution >= 4 is 0 Å². The van der Waals surface area contributed by atoms with Gasteiger partial charge in [-0.25, -0.2) is 0 Å². The molecule has 3 rings (SSSR count). The number of fused-ring (bicyclic) bond motifs is 1. The first-order valence-corrected chi connectivity index (χ1v) is 6.61. The van der Waals surface area contributed by atoms with Crippen LogP contribution >= 0.6 is 0 Å². The van der Waals surface area contributed by atoms with Gasteiger partial charge < -0.3 is 14.6 Å². The number of methoxy groups -OCH3 is 1. The molecule has 5 heteroatoms. The van der Waals surface area contributed by atoms with Gasteiger partial charge in [-0.3, -0.25) is 4.68 Å². The lowest BCUT2D eigenvalue weighted by molar-refractivity contribution is 0.0651. The number of aliphatic hydroxyl groups excluding tert-OH is 1. The maximum atomic E-state index is 10.3. The molecule has 1 unspecified atom stereocenters. The molecular formula is C15H18N2O3. The Bertz CT molecular complexity index is 636. The molecule has 0 spiro atoms. The smallest absolute Gasteiger partial charge is 0.130 e. The van der Waals surface area contributed by atoms with Crippen molar-refractivity contribution in [2.24, 2.45) is 7.05 Å². The number of nitrogens with zero attached hydrogens (tertiary/aromatic N) is 2. The Balaban J connectivity index is 1.94. The zero-order chi connectivity index (χ0) is 14.3. The Morgan fingerprint density at radius 2 is 2.20 bits per heavy atom. The molecule has 0 amide bonds. The van der Waals surface area contributed by atoms with Crippen molar-refractivity contribution in [3.63, 3.8) is 0 Å². The van der Waals surface area contributed by atoms with Crippen LogP contribution in [0.2, 0.25) is 0 Å². The van der Waals surface area contributed by atoms with Gasteiger partial charge in [-0.2, -0.15) is 5.10 Å². The lowest BCUT2D eigenvalue weighted by atomic mass is 9.95. The first kappa shape index (κ1) is 13.0. The second-order valence-electron chi connectivity index (χ2n) is 5.11. The molecule has 0 bridgehead atoms. The quantitative estimate of drug-likeness (QED) is 0.913. The molecule has 0 saturated carbocycles. The van der Waals surface area contributed by atoms with Crippen molar-refractivity contribution in [2.75, 3.05) is 7.11 Å². The van der Waals surface area contributed by atoms with Gasteiger partial charge in [0.1, 0.15) is 17.6 Å². The first-order chi connectivity index (χ1) is 9.58. The van der Waals surface area contributed by atoms with Crippen molar-refractivity contribution < 1.29 is 14.6 Å². The summed E-state index contributed by atoms with van der Waals surface area (Å²) in [5.41, 5.74) is 2.73. The summed E-state index contributed by atoms with van der Waals surface area (Å²) in [5.74, 6) is 1.43. The van der Waals surface area contributed by atoms with E-state index < -0.39 is 6.10 Å². The third-order valence-corrected chi connectivity index (χ3v) is 3.68. The number of aromatic nitrogens is 2. The van der Waals surface area contributed by atoms with E-state index in [-0.39, 0.29) is 6.10 Å². The van der Waals surface area contributed by atoms with Crippen LogP contribution < -0.4 is 9.47 Å². The minimum Gasteiger partial charge on any atom is -0.497 e. The SMILES string of the molecule is COc1ccc2c(c1)[C@H](O)CC(c1cn(C)nc1C)O2. The van der Waals surface area contributed by atoms with Crippen molar-refractivity contribution in [1.29, 1.82) is 0 Å². The molecule has 20 heavy (non-hydrogen) atoms. The van der Waals surface area contributed by atoms with Crippen LogP contribution in [0.5, 0.6) is 11.5 Å². The number of aliphatic hydroxyl groups is 1. The minimum absolute atomic E-state index is 0.167. The molecule has 1 aliphatic rings. The second-order valence-corrected chi connectivity index (χ2v) is 5.11. The van der Waals surface area contributed by atoms with Gasteiger partial charge in [-0.1, -0.05) is 0 Å². The molecule has 0 saturated heterocycles. The standard InChI is InChI=1S/C15H18N2O3/c1-9-12(8-17(2)16-9)15-7-13(18)11-6-10(19-3)4-5-14(11)20-15/h4-6,8,13,15,18H,7H2,1-3H3/t13-,15?/m1/s1. The fraction of sp³-hybridized carbons (Fsp3) is 0.400. The largest absolute Gasteiger partial charge is 0.497 e. The third-order valence-electron chi connectivity index (χ3n) is 3.68. The van der Waals surface area contributed by atoms with Crippen LogP contribution in [0.1, 0.15) is 35.4 Å². The van der Waals surface area contributed by atoms with Crippen LogP contribution in [0.4, 0.5) is 0 Å². The number of hydrogen-bond donors (Lipinski definition) is 1. The van der Waals surface area contributed by atoms with Gasteiger partial charge >= 0.3 is 0 Å². The number of aryl methyl sites for hydroxylation is 2. The number of rotatable bonds is 2. The Morgan fingerprint density at radius 3 is 2.85 bits per heavy atom. The van der Waals surface area contributed by atoms with Gasteiger partial charge in [0.15, 0.2) is 0 Å². The van der Waals surface area contributed by atoms with Gasteiger partial charge in [0, 0.05) is 30.8 Å². The fourth-order valence-corrected chi connectivity index (χ4v) is 2.68. The Hall–Kier alpha value is -2.01. The predicted molar refractivity (Wildman–Crippen MR) is 73.9 cm³/mol. The van der Waals surface area contributed by atoms with Crippen LogP contribution in [0.25, 0.3) is 0 Å². The molecule has 1 aliphatic heterocycles. The highest BCUT2D eigenvalue weighted by Gasteiger charge is 2.30. The van der Waals surface area contributed by atoms with E-state index in [4.69, 9.17) is 9.47 Å². The van der Waals surface area contributed by atoms with Gasteiger partial charge in [0.05, 0.1) is 18.9 Å². The normalized spacial score (nSPS) is 21.2. The van der Waals surface area contributed by atoms with E-state index in [1.807, 2.05) is 38.4 Å². The summed E-state index contributed by atoms with van der Waals surface area (Å²) < 4.78 is 13.0. The zero-order valence-electron chi connectivity index (χ0n) is 11.8. The third kappa shape index (κ3) is 2.14. The van der Waals surface area contributed by atoms with E-state index in [1.165, 1.54) is 0 Å². The average Bonchev–Trinajstić information content (AvgIpc) is 2.77. The van der Waals surface area contributed by atoms with Crippen LogP contribution in [-0.2, 0) is 7.05 Å². The molecule has 0 aliphatic carbocycles. The Kier molecular flexibility index (Phi) is 3.14. The van der Waals surface area contributed by atoms with E-state index in [9.17, 15) is 5.11 Å². The molecule has 106 valence electrons. The zero-order valence-corrected chi connectivity index (χ0v) is 11.8. The summed E-state index contributed by atoms with van der Waals surface area (Å²) >= 11 is 0. The van der Waals surface area contributed by atoms with Crippen LogP contribution in [0, 0.1) is 6.92 Å². The van der Waals surface area contributed by atoms with Gasteiger partial charge in [-0.05, 0) is 25.1 Å². The Morgan fingerprint density at radius 1 is 1.40 bits per heavy atom. The maximum Gasteiger partial charge on any atom is 0.130 e. The van der Waals surface area contributed by atoms with Gasteiger partial charge in [0.25, 0.3) is 0 Å². The molecular weight excluding hydrogens is 256 g/mol. The summed E-state index contributed by atoms with van der Waals surface area (Å²) in [6, 6.07) is 5.51. The van der Waals surface area contributed by atoms with E-state index in [2.05, 4.69) is 5.10 Å². The summed E-state index contributed by atoms with van der Waals surface area (Å²) in [7, 11) is 3.49. The van der Waals surface area contributed by atoms with Crippen LogP contribution in [0.15, 0.2) is 24.4 Å². The number of benzene rings is 1. The summed E-state index contributed by atoms with van der Waals surface area (Å²) in [6.45, 7) is 1.95. The van der Waals surface area contributed by atoms with Gasteiger partial charge in [0.2, 0.25) is 0 Å². The summed E-state index contributed by atoms with van der Waals surface area (Å²) in [5, 5.41) is 14.7. The first-order valence-electron chi connectivity index (χ1n) is 6.61. The topological polar surface area (TPSA) is 56.5 Å². The molecule has 1 N–H and O–H groups in total. The second kappa shape index (κ2) is 4.83. The maximum absolute atomic E-state index is 10.3. The molecule has 1 aromatic carbocycles. The van der Waals surface area contributed by atoms with E-state index in [0.29, 0.717) is 12.2 Å². The van der Waals surface area contributed by atoms with Crippen molar-refractivity contribution in [2.45, 2.75) is 25.6 Å². The molecule has 5 nitrogen and oxygen atoms in total. The molecule has 2 heterocycles. The fourth-order valence-electron chi connectivity index (χ4n) is 2.68. The van der Waals surface area contributed by atoms with Crippen molar-refractivity contribution in [3.8, 4) is 11.5 Å². The minimum atomic E-state index is -0.557. The lowest BCUT2D eigenvalue weighted by Gasteiger charge is -2.29. The van der Waals surface area contributed by atoms with E-state index >= 15 is 0 Å². The highest BCUT2D eigenvalue weighted by Crippen LogP contribution is 2.42. The monoisotopic (exact) mass is 274 g/mol. The summed E-state index contributed by atoms with van der Waals surface area (Å²) in [4.78, 5) is 0. The lowest BCUT2D eigenvalue weighted by Crippen LogP contribution is -2.19. The average molecular weight is 274 g/mol. The predicted octanol–water partition coefficient (Wildman–Crippen LogP) is 2.29. The molecule has 1 aromatic heterocycles. The van der Waals surface area contributed by atoms with Crippen molar-refractivity contribution in [3.05, 3.63) is 41.2 Å². The molecule has 0 radical (unpaired) electrons. The Labute approximate surface area is 117 Å². The highest BCUT2D eigenvalue weighted by atomic mass is 16.5. The number of hydrogen-bond acceptors (Lipinski definition) is 4. The molecule has 2 aromatic rings. The summed E-state index contributed by atoms with van der Waals surface area (Å²) in [6.07, 6.45) is 1.74. The van der Waals surface area contributed by atoms with Crippen LogP contribution in [-0.4, -0.2) is 22.0 Å².